The molecule has 1 aliphatic carbocycles. The maximum atomic E-state index is 5.90. The number of hydrogen-bond donors (Lipinski definition) is 1. The summed E-state index contributed by atoms with van der Waals surface area (Å²) in [5.41, 5.74) is 3.29. The molecule has 0 aromatic heterocycles. The average molecular weight is 374 g/mol. The molecule has 0 amide bonds. The molecule has 5 nitrogen and oxygen atoms in total. The standard InChI is InChI=1S/C20H27N3O2S/c1-15-6-8-16(9-7-15)18-14-20(25-22-18)10-12-23(13-11-20)24-19(26)21-17-4-2-3-5-17/h6-9,17H,2-5,10-14H2,1H3,(H,21,26). The van der Waals surface area contributed by atoms with Crippen molar-refractivity contribution in [3.63, 3.8) is 0 Å². The molecule has 3 aliphatic rings. The van der Waals surface area contributed by atoms with Crippen molar-refractivity contribution in [1.82, 2.24) is 10.4 Å². The molecule has 4 rings (SSSR count). The molecule has 1 saturated heterocycles. The number of nitrogens with zero attached hydrogens (tertiary/aromatic N) is 2. The fourth-order valence-corrected chi connectivity index (χ4v) is 4.33. The largest absolute Gasteiger partial charge is 0.388 e. The molecule has 0 radical (unpaired) electrons. The van der Waals surface area contributed by atoms with Crippen LogP contribution in [0.4, 0.5) is 0 Å². The lowest BCUT2D eigenvalue weighted by Crippen LogP contribution is -2.47. The van der Waals surface area contributed by atoms with Crippen molar-refractivity contribution in [3.8, 4) is 0 Å². The summed E-state index contributed by atoms with van der Waals surface area (Å²) in [6.45, 7) is 3.71. The van der Waals surface area contributed by atoms with E-state index in [9.17, 15) is 0 Å². The van der Waals surface area contributed by atoms with Gasteiger partial charge in [-0.1, -0.05) is 47.8 Å². The maximum absolute atomic E-state index is 5.90. The number of aryl methyl sites for hydroxylation is 1. The van der Waals surface area contributed by atoms with Crippen LogP contribution in [0.2, 0.25) is 0 Å². The van der Waals surface area contributed by atoms with Gasteiger partial charge < -0.3 is 15.0 Å². The van der Waals surface area contributed by atoms with Crippen LogP contribution in [0.15, 0.2) is 29.4 Å². The van der Waals surface area contributed by atoms with Gasteiger partial charge in [-0.2, -0.15) is 0 Å². The summed E-state index contributed by atoms with van der Waals surface area (Å²) >= 11 is 5.36. The normalized spacial score (nSPS) is 22.9. The third-order valence-electron chi connectivity index (χ3n) is 5.75. The number of nitrogens with one attached hydrogen (secondary N) is 1. The molecule has 0 bridgehead atoms. The predicted molar refractivity (Wildman–Crippen MR) is 106 cm³/mol. The molecule has 140 valence electrons. The van der Waals surface area contributed by atoms with Gasteiger partial charge in [0, 0.05) is 38.4 Å². The molecular formula is C20H27N3O2S. The number of benzene rings is 1. The minimum absolute atomic E-state index is 0.180. The van der Waals surface area contributed by atoms with Crippen molar-refractivity contribution in [3.05, 3.63) is 35.4 Å². The zero-order chi connectivity index (χ0) is 18.0. The SMILES string of the molecule is Cc1ccc(C2=NOC3(CCN(OC(=S)NC4CCCC4)CC3)C2)cc1. The lowest BCUT2D eigenvalue weighted by Gasteiger charge is -2.36. The lowest BCUT2D eigenvalue weighted by molar-refractivity contribution is -0.145. The number of hydroxylamine groups is 2. The van der Waals surface area contributed by atoms with E-state index in [2.05, 4.69) is 41.7 Å². The highest BCUT2D eigenvalue weighted by Crippen LogP contribution is 2.36. The minimum atomic E-state index is -0.180. The van der Waals surface area contributed by atoms with Crippen molar-refractivity contribution >= 4 is 23.1 Å². The van der Waals surface area contributed by atoms with Crippen molar-refractivity contribution in [2.75, 3.05) is 13.1 Å². The molecule has 1 spiro atoms. The highest BCUT2D eigenvalue weighted by atomic mass is 32.1. The van der Waals surface area contributed by atoms with Gasteiger partial charge in [0.2, 0.25) is 0 Å². The molecule has 2 fully saturated rings. The summed E-state index contributed by atoms with van der Waals surface area (Å²) in [4.78, 5) is 11.7. The molecular weight excluding hydrogens is 346 g/mol. The second-order valence-electron chi connectivity index (χ2n) is 7.79. The third kappa shape index (κ3) is 4.01. The van der Waals surface area contributed by atoms with Crippen molar-refractivity contribution in [2.45, 2.75) is 63.5 Å². The Morgan fingerprint density at radius 2 is 1.92 bits per heavy atom. The van der Waals surface area contributed by atoms with Gasteiger partial charge in [-0.05, 0) is 37.5 Å². The smallest absolute Gasteiger partial charge is 0.278 e. The van der Waals surface area contributed by atoms with E-state index >= 15 is 0 Å². The number of hydrogen-bond acceptors (Lipinski definition) is 5. The summed E-state index contributed by atoms with van der Waals surface area (Å²) < 4.78 is 0. The van der Waals surface area contributed by atoms with Crippen LogP contribution in [0.3, 0.4) is 0 Å². The van der Waals surface area contributed by atoms with Gasteiger partial charge >= 0.3 is 0 Å². The molecule has 2 heterocycles. The lowest BCUT2D eigenvalue weighted by atomic mass is 9.86. The number of piperidine rings is 1. The van der Waals surface area contributed by atoms with E-state index in [0.717, 1.165) is 43.6 Å². The number of thiocarbonyl (C=S) groups is 1. The van der Waals surface area contributed by atoms with Crippen LogP contribution in [0.25, 0.3) is 0 Å². The van der Waals surface area contributed by atoms with Gasteiger partial charge in [0.05, 0.1) is 5.71 Å². The van der Waals surface area contributed by atoms with E-state index < -0.39 is 0 Å². The summed E-state index contributed by atoms with van der Waals surface area (Å²) in [6, 6.07) is 8.99. The number of oxime groups is 1. The van der Waals surface area contributed by atoms with E-state index in [-0.39, 0.29) is 5.60 Å². The Morgan fingerprint density at radius 1 is 1.23 bits per heavy atom. The molecule has 6 heteroatoms. The Kier molecular flexibility index (Phi) is 5.14. The fraction of sp³-hybridized carbons (Fsp3) is 0.600. The van der Waals surface area contributed by atoms with Gasteiger partial charge in [0.25, 0.3) is 5.17 Å². The van der Waals surface area contributed by atoms with Gasteiger partial charge in [-0.25, -0.2) is 0 Å². The molecule has 1 saturated carbocycles. The van der Waals surface area contributed by atoms with Crippen LogP contribution in [0, 0.1) is 6.92 Å². The zero-order valence-electron chi connectivity index (χ0n) is 15.4. The van der Waals surface area contributed by atoms with E-state index in [1.165, 1.54) is 31.2 Å². The molecule has 1 aromatic rings. The monoisotopic (exact) mass is 373 g/mol. The highest BCUT2D eigenvalue weighted by Gasteiger charge is 2.43. The maximum Gasteiger partial charge on any atom is 0.278 e. The van der Waals surface area contributed by atoms with Crippen LogP contribution in [-0.2, 0) is 9.68 Å². The average Bonchev–Trinajstić information content (AvgIpc) is 3.28. The van der Waals surface area contributed by atoms with Gasteiger partial charge in [0.1, 0.15) is 5.60 Å². The molecule has 2 aliphatic heterocycles. The topological polar surface area (TPSA) is 46.1 Å². The Labute approximate surface area is 160 Å². The Morgan fingerprint density at radius 3 is 2.62 bits per heavy atom. The first-order valence-corrected chi connectivity index (χ1v) is 10.1. The van der Waals surface area contributed by atoms with E-state index in [1.807, 2.05) is 5.06 Å². The Bertz CT molecular complexity index is 675. The summed E-state index contributed by atoms with van der Waals surface area (Å²) in [5.74, 6) is 0. The molecule has 1 aromatic carbocycles. The quantitative estimate of drug-likeness (QED) is 0.819. The molecule has 0 atom stereocenters. The Hall–Kier alpha value is -1.66. The minimum Gasteiger partial charge on any atom is -0.388 e. The van der Waals surface area contributed by atoms with Crippen LogP contribution < -0.4 is 5.32 Å². The van der Waals surface area contributed by atoms with Crippen molar-refractivity contribution in [2.24, 2.45) is 5.16 Å². The van der Waals surface area contributed by atoms with E-state index in [4.69, 9.17) is 21.9 Å². The third-order valence-corrected chi connectivity index (χ3v) is 5.94. The van der Waals surface area contributed by atoms with Crippen LogP contribution in [0.5, 0.6) is 0 Å². The first-order chi connectivity index (χ1) is 12.6. The Balaban J connectivity index is 1.26. The molecule has 26 heavy (non-hydrogen) atoms. The summed E-state index contributed by atoms with van der Waals surface area (Å²) in [7, 11) is 0. The predicted octanol–water partition coefficient (Wildman–Crippen LogP) is 3.70. The van der Waals surface area contributed by atoms with Gasteiger partial charge in [0.15, 0.2) is 0 Å². The molecule has 0 unspecified atom stereocenters. The van der Waals surface area contributed by atoms with Gasteiger partial charge in [-0.3, -0.25) is 0 Å². The summed E-state index contributed by atoms with van der Waals surface area (Å²) in [5, 5.41) is 10.2. The second-order valence-corrected chi connectivity index (χ2v) is 8.16. The van der Waals surface area contributed by atoms with E-state index in [1.54, 1.807) is 0 Å². The van der Waals surface area contributed by atoms with Crippen LogP contribution in [0.1, 0.15) is 56.1 Å². The second kappa shape index (κ2) is 7.53. The van der Waals surface area contributed by atoms with Crippen molar-refractivity contribution in [1.29, 1.82) is 0 Å². The van der Waals surface area contributed by atoms with Crippen LogP contribution >= 0.6 is 12.2 Å². The van der Waals surface area contributed by atoms with Crippen LogP contribution in [-0.4, -0.2) is 40.7 Å². The first kappa shape index (κ1) is 17.7. The first-order valence-electron chi connectivity index (χ1n) is 9.67. The molecule has 1 N–H and O–H groups in total. The highest BCUT2D eigenvalue weighted by molar-refractivity contribution is 7.80. The van der Waals surface area contributed by atoms with Gasteiger partial charge in [-0.15, -0.1) is 5.06 Å². The van der Waals surface area contributed by atoms with Crippen molar-refractivity contribution < 1.29 is 9.68 Å². The summed E-state index contributed by atoms with van der Waals surface area (Å²) in [6.07, 6.45) is 7.63. The van der Waals surface area contributed by atoms with E-state index in [0.29, 0.717) is 11.2 Å². The zero-order valence-corrected chi connectivity index (χ0v) is 16.2. The fourth-order valence-electron chi connectivity index (χ4n) is 4.06. The number of rotatable bonds is 3.